The van der Waals surface area contributed by atoms with Crippen LogP contribution in [0.5, 0.6) is 5.75 Å². The lowest BCUT2D eigenvalue weighted by molar-refractivity contribution is -0.125. The van der Waals surface area contributed by atoms with Gasteiger partial charge in [0.1, 0.15) is 11.6 Å². The minimum atomic E-state index is -0.516. The summed E-state index contributed by atoms with van der Waals surface area (Å²) in [4.78, 5) is 24.6. The highest BCUT2D eigenvalue weighted by Gasteiger charge is 2.36. The summed E-state index contributed by atoms with van der Waals surface area (Å²) in [6, 6.07) is 6.63. The van der Waals surface area contributed by atoms with Crippen LogP contribution in [0.15, 0.2) is 28.7 Å². The molecule has 1 aromatic carbocycles. The Morgan fingerprint density at radius 2 is 2.23 bits per heavy atom. The van der Waals surface area contributed by atoms with E-state index in [1.165, 1.54) is 4.90 Å². The first-order valence-electron chi connectivity index (χ1n) is 7.00. The first-order chi connectivity index (χ1) is 10.6. The number of likely N-dealkylation sites (tertiary alicyclic amines) is 1. The lowest BCUT2D eigenvalue weighted by Crippen LogP contribution is -2.59. The Hall–Kier alpha value is -2.70. The second-order valence-corrected chi connectivity index (χ2v) is 5.11. The average Bonchev–Trinajstić information content (AvgIpc) is 2.80. The van der Waals surface area contributed by atoms with Gasteiger partial charge < -0.3 is 25.1 Å². The van der Waals surface area contributed by atoms with Gasteiger partial charge in [-0.2, -0.15) is 0 Å². The smallest absolute Gasteiger partial charge is 0.318 e. The third-order valence-corrected chi connectivity index (χ3v) is 3.83. The van der Waals surface area contributed by atoms with Gasteiger partial charge in [-0.3, -0.25) is 4.79 Å². The molecular formula is C15H17N3O4. The standard InChI is InChI=1S/C15H17N3O4/c1-21-13-9-4-2-3-5-11(9)22-12(13)8-17-15(20)18-7-6-10(18)14(16)19/h2-5,10H,6-8H2,1H3,(H2,16,19)(H,17,20). The van der Waals surface area contributed by atoms with Crippen LogP contribution in [0, 0.1) is 0 Å². The van der Waals surface area contributed by atoms with E-state index >= 15 is 0 Å². The van der Waals surface area contributed by atoms with Crippen molar-refractivity contribution >= 4 is 22.9 Å². The largest absolute Gasteiger partial charge is 0.492 e. The molecule has 3 rings (SSSR count). The number of benzene rings is 1. The van der Waals surface area contributed by atoms with E-state index in [0.717, 1.165) is 5.39 Å². The maximum atomic E-state index is 12.1. The topological polar surface area (TPSA) is 97.8 Å². The third kappa shape index (κ3) is 2.34. The molecular weight excluding hydrogens is 286 g/mol. The number of hydrogen-bond acceptors (Lipinski definition) is 4. The van der Waals surface area contributed by atoms with Gasteiger partial charge in [-0.05, 0) is 18.6 Å². The number of carbonyl (C=O) groups excluding carboxylic acids is 2. The third-order valence-electron chi connectivity index (χ3n) is 3.83. The predicted molar refractivity (Wildman–Crippen MR) is 79.3 cm³/mol. The molecule has 1 aliphatic heterocycles. The number of amides is 3. The maximum absolute atomic E-state index is 12.1. The molecule has 1 aliphatic rings. The van der Waals surface area contributed by atoms with Gasteiger partial charge in [-0.25, -0.2) is 4.79 Å². The van der Waals surface area contributed by atoms with Crippen LogP contribution in [0.25, 0.3) is 11.0 Å². The number of ether oxygens (including phenoxy) is 1. The number of furan rings is 1. The summed E-state index contributed by atoms with van der Waals surface area (Å²) in [5, 5.41) is 3.58. The number of para-hydroxylation sites is 1. The number of nitrogens with one attached hydrogen (secondary N) is 1. The van der Waals surface area contributed by atoms with Gasteiger partial charge in [0, 0.05) is 6.54 Å². The Morgan fingerprint density at radius 3 is 2.86 bits per heavy atom. The molecule has 22 heavy (non-hydrogen) atoms. The van der Waals surface area contributed by atoms with E-state index in [4.69, 9.17) is 14.9 Å². The van der Waals surface area contributed by atoms with Crippen molar-refractivity contribution in [3.05, 3.63) is 30.0 Å². The van der Waals surface area contributed by atoms with Gasteiger partial charge in [-0.1, -0.05) is 12.1 Å². The predicted octanol–water partition coefficient (Wildman–Crippen LogP) is 1.21. The Bertz CT molecular complexity index is 725. The van der Waals surface area contributed by atoms with Gasteiger partial charge in [0.2, 0.25) is 5.91 Å². The Labute approximate surface area is 127 Å². The monoisotopic (exact) mass is 303 g/mol. The highest BCUT2D eigenvalue weighted by Crippen LogP contribution is 2.32. The number of urea groups is 1. The zero-order chi connectivity index (χ0) is 15.7. The number of rotatable bonds is 4. The van der Waals surface area contributed by atoms with Gasteiger partial charge in [0.15, 0.2) is 11.5 Å². The molecule has 1 unspecified atom stereocenters. The van der Waals surface area contributed by atoms with Crippen LogP contribution < -0.4 is 15.8 Å². The van der Waals surface area contributed by atoms with Crippen LogP contribution in [-0.2, 0) is 11.3 Å². The van der Waals surface area contributed by atoms with Gasteiger partial charge in [0.25, 0.3) is 0 Å². The average molecular weight is 303 g/mol. The van der Waals surface area contributed by atoms with Crippen molar-refractivity contribution in [3.63, 3.8) is 0 Å². The maximum Gasteiger partial charge on any atom is 0.318 e. The van der Waals surface area contributed by atoms with Crippen LogP contribution >= 0.6 is 0 Å². The Kier molecular flexibility index (Phi) is 3.62. The highest BCUT2D eigenvalue weighted by molar-refractivity contribution is 5.88. The van der Waals surface area contributed by atoms with Crippen LogP contribution in [-0.4, -0.2) is 36.5 Å². The Morgan fingerprint density at radius 1 is 1.45 bits per heavy atom. The summed E-state index contributed by atoms with van der Waals surface area (Å²) in [7, 11) is 1.56. The number of primary amides is 1. The number of hydrogen-bond donors (Lipinski definition) is 2. The van der Waals surface area contributed by atoms with E-state index in [1.54, 1.807) is 7.11 Å². The quantitative estimate of drug-likeness (QED) is 0.887. The van der Waals surface area contributed by atoms with Gasteiger partial charge in [-0.15, -0.1) is 0 Å². The molecule has 1 fully saturated rings. The van der Waals surface area contributed by atoms with Crippen molar-refractivity contribution in [2.75, 3.05) is 13.7 Å². The molecule has 3 N–H and O–H groups in total. The molecule has 2 aromatic rings. The van der Waals surface area contributed by atoms with Gasteiger partial charge >= 0.3 is 6.03 Å². The number of nitrogens with zero attached hydrogens (tertiary/aromatic N) is 1. The molecule has 1 saturated heterocycles. The molecule has 3 amide bonds. The molecule has 1 atom stereocenters. The van der Waals surface area contributed by atoms with E-state index < -0.39 is 11.9 Å². The molecule has 0 radical (unpaired) electrons. The fourth-order valence-corrected chi connectivity index (χ4v) is 2.60. The van der Waals surface area contributed by atoms with E-state index in [0.29, 0.717) is 30.1 Å². The fourth-order valence-electron chi connectivity index (χ4n) is 2.60. The summed E-state index contributed by atoms with van der Waals surface area (Å²) in [5.41, 5.74) is 5.93. The van der Waals surface area contributed by atoms with Crippen molar-refractivity contribution in [1.82, 2.24) is 10.2 Å². The molecule has 0 saturated carbocycles. The number of methoxy groups -OCH3 is 1. The van der Waals surface area contributed by atoms with Gasteiger partial charge in [0.05, 0.1) is 19.0 Å². The molecule has 0 aliphatic carbocycles. The van der Waals surface area contributed by atoms with Crippen molar-refractivity contribution in [3.8, 4) is 5.75 Å². The second kappa shape index (κ2) is 5.59. The molecule has 0 spiro atoms. The minimum absolute atomic E-state index is 0.179. The highest BCUT2D eigenvalue weighted by atomic mass is 16.5. The summed E-state index contributed by atoms with van der Waals surface area (Å²) < 4.78 is 11.1. The van der Waals surface area contributed by atoms with E-state index in [-0.39, 0.29) is 12.6 Å². The lowest BCUT2D eigenvalue weighted by Gasteiger charge is -2.38. The molecule has 1 aromatic heterocycles. The number of carbonyl (C=O) groups is 2. The lowest BCUT2D eigenvalue weighted by atomic mass is 10.0. The van der Waals surface area contributed by atoms with Crippen LogP contribution in [0.1, 0.15) is 12.2 Å². The molecule has 7 heteroatoms. The number of nitrogens with two attached hydrogens (primary N) is 1. The molecule has 2 heterocycles. The van der Waals surface area contributed by atoms with Crippen LogP contribution in [0.3, 0.4) is 0 Å². The number of fused-ring (bicyclic) bond motifs is 1. The first-order valence-corrected chi connectivity index (χ1v) is 7.00. The summed E-state index contributed by atoms with van der Waals surface area (Å²) >= 11 is 0. The molecule has 116 valence electrons. The zero-order valence-electron chi connectivity index (χ0n) is 12.2. The van der Waals surface area contributed by atoms with Crippen LogP contribution in [0.2, 0.25) is 0 Å². The van der Waals surface area contributed by atoms with Crippen molar-refractivity contribution < 1.29 is 18.7 Å². The SMILES string of the molecule is COc1c(CNC(=O)N2CCC2C(N)=O)oc2ccccc12. The van der Waals surface area contributed by atoms with Crippen molar-refractivity contribution in [2.24, 2.45) is 5.73 Å². The van der Waals surface area contributed by atoms with Crippen LogP contribution in [0.4, 0.5) is 4.79 Å². The fraction of sp³-hybridized carbons (Fsp3) is 0.333. The van der Waals surface area contributed by atoms with Crippen molar-refractivity contribution in [1.29, 1.82) is 0 Å². The summed E-state index contributed by atoms with van der Waals surface area (Å²) in [6.07, 6.45) is 0.608. The van der Waals surface area contributed by atoms with E-state index in [1.807, 2.05) is 24.3 Å². The second-order valence-electron chi connectivity index (χ2n) is 5.11. The molecule has 7 nitrogen and oxygen atoms in total. The van der Waals surface area contributed by atoms with E-state index in [9.17, 15) is 9.59 Å². The first kappa shape index (κ1) is 14.2. The normalized spacial score (nSPS) is 17.1. The molecule has 0 bridgehead atoms. The summed E-state index contributed by atoms with van der Waals surface area (Å²) in [5.74, 6) is 0.655. The minimum Gasteiger partial charge on any atom is -0.492 e. The zero-order valence-corrected chi connectivity index (χ0v) is 12.2. The summed E-state index contributed by atoms with van der Waals surface area (Å²) in [6.45, 7) is 0.704. The van der Waals surface area contributed by atoms with E-state index in [2.05, 4.69) is 5.32 Å². The van der Waals surface area contributed by atoms with Crippen molar-refractivity contribution in [2.45, 2.75) is 19.0 Å². The Balaban J connectivity index is 1.71.